The average molecular weight is 211 g/mol. The molecule has 0 spiro atoms. The van der Waals surface area contributed by atoms with Crippen molar-refractivity contribution in [1.29, 1.82) is 0 Å². The smallest absolute Gasteiger partial charge is 0.0948 e. The summed E-state index contributed by atoms with van der Waals surface area (Å²) in [4.78, 5) is 6.33. The highest BCUT2D eigenvalue weighted by molar-refractivity contribution is 4.95. The number of rotatable bonds is 6. The van der Waals surface area contributed by atoms with Crippen molar-refractivity contribution in [2.75, 3.05) is 13.6 Å². The number of hydrogen-bond donors (Lipinski definition) is 1. The molecule has 0 atom stereocenters. The maximum Gasteiger partial charge on any atom is 0.0948 e. The van der Waals surface area contributed by atoms with E-state index in [1.54, 1.807) is 12.5 Å². The number of hydrogen-bond acceptors (Lipinski definition) is 3. The van der Waals surface area contributed by atoms with Crippen LogP contribution >= 0.6 is 0 Å². The molecule has 0 aliphatic carbocycles. The summed E-state index contributed by atoms with van der Waals surface area (Å²) in [7, 11) is 2.13. The van der Waals surface area contributed by atoms with Crippen LogP contribution in [0.3, 0.4) is 0 Å². The lowest BCUT2D eigenvalue weighted by molar-refractivity contribution is 0.256. The fourth-order valence-electron chi connectivity index (χ4n) is 1.43. The zero-order valence-corrected chi connectivity index (χ0v) is 9.85. The molecule has 1 N–H and O–H groups in total. The van der Waals surface area contributed by atoms with Crippen LogP contribution in [-0.4, -0.2) is 39.2 Å². The first-order valence-electron chi connectivity index (χ1n) is 5.45. The van der Waals surface area contributed by atoms with Crippen LogP contribution in [0.4, 0.5) is 0 Å². The molecule has 1 aromatic rings. The Morgan fingerprint density at radius 1 is 1.53 bits per heavy atom. The van der Waals surface area contributed by atoms with Gasteiger partial charge in [-0.25, -0.2) is 4.98 Å². The van der Waals surface area contributed by atoms with Gasteiger partial charge in [-0.1, -0.05) is 0 Å². The van der Waals surface area contributed by atoms with E-state index in [0.717, 1.165) is 25.2 Å². The number of aliphatic hydroxyl groups is 1. The SMILES string of the molecule is CC(C)N(C)CCCn1cncc1CO. The quantitative estimate of drug-likeness (QED) is 0.766. The fraction of sp³-hybridized carbons (Fsp3) is 0.727. The normalized spacial score (nSPS) is 11.6. The van der Waals surface area contributed by atoms with E-state index in [2.05, 4.69) is 30.8 Å². The van der Waals surface area contributed by atoms with Crippen LogP contribution in [0, 0.1) is 0 Å². The van der Waals surface area contributed by atoms with Gasteiger partial charge in [0.1, 0.15) is 0 Å². The van der Waals surface area contributed by atoms with Crippen LogP contribution in [-0.2, 0) is 13.2 Å². The van der Waals surface area contributed by atoms with Crippen molar-refractivity contribution in [3.63, 3.8) is 0 Å². The summed E-state index contributed by atoms with van der Waals surface area (Å²) < 4.78 is 2.01. The molecule has 0 amide bonds. The van der Waals surface area contributed by atoms with Crippen LogP contribution in [0.5, 0.6) is 0 Å². The Balaban J connectivity index is 2.31. The molecule has 0 aliphatic heterocycles. The number of nitrogens with zero attached hydrogens (tertiary/aromatic N) is 3. The molecule has 86 valence electrons. The van der Waals surface area contributed by atoms with E-state index in [-0.39, 0.29) is 6.61 Å². The van der Waals surface area contributed by atoms with E-state index >= 15 is 0 Å². The molecule has 1 rings (SSSR count). The molecule has 0 saturated heterocycles. The lowest BCUT2D eigenvalue weighted by Crippen LogP contribution is -2.28. The zero-order chi connectivity index (χ0) is 11.3. The van der Waals surface area contributed by atoms with Crippen molar-refractivity contribution in [2.45, 2.75) is 39.5 Å². The van der Waals surface area contributed by atoms with E-state index in [4.69, 9.17) is 5.11 Å². The summed E-state index contributed by atoms with van der Waals surface area (Å²) in [6.45, 7) is 6.44. The van der Waals surface area contributed by atoms with Gasteiger partial charge < -0.3 is 14.6 Å². The summed E-state index contributed by atoms with van der Waals surface area (Å²) in [5.41, 5.74) is 0.891. The first-order chi connectivity index (χ1) is 7.15. The highest BCUT2D eigenvalue weighted by Gasteiger charge is 2.04. The monoisotopic (exact) mass is 211 g/mol. The van der Waals surface area contributed by atoms with E-state index in [1.807, 2.05) is 4.57 Å². The lowest BCUT2D eigenvalue weighted by atomic mass is 10.3. The Morgan fingerprint density at radius 3 is 2.87 bits per heavy atom. The van der Waals surface area contributed by atoms with Gasteiger partial charge in [0.25, 0.3) is 0 Å². The second-order valence-electron chi connectivity index (χ2n) is 4.16. The Kier molecular flexibility index (Phi) is 4.78. The molecular weight excluding hydrogens is 190 g/mol. The second-order valence-corrected chi connectivity index (χ2v) is 4.16. The molecule has 0 bridgehead atoms. The molecule has 15 heavy (non-hydrogen) atoms. The van der Waals surface area contributed by atoms with Crippen LogP contribution in [0.1, 0.15) is 26.0 Å². The van der Waals surface area contributed by atoms with Crippen LogP contribution in [0.15, 0.2) is 12.5 Å². The molecule has 4 nitrogen and oxygen atoms in total. The molecule has 1 aromatic heterocycles. The second kappa shape index (κ2) is 5.88. The summed E-state index contributed by atoms with van der Waals surface area (Å²) in [6, 6.07) is 0.588. The largest absolute Gasteiger partial charge is 0.390 e. The molecule has 4 heteroatoms. The van der Waals surface area contributed by atoms with Gasteiger partial charge in [0.2, 0.25) is 0 Å². The van der Waals surface area contributed by atoms with Gasteiger partial charge in [-0.3, -0.25) is 0 Å². The predicted molar refractivity (Wildman–Crippen MR) is 60.5 cm³/mol. The summed E-state index contributed by atoms with van der Waals surface area (Å²) in [5, 5.41) is 9.03. The van der Waals surface area contributed by atoms with Gasteiger partial charge in [-0.05, 0) is 33.9 Å². The molecule has 0 unspecified atom stereocenters. The maximum absolute atomic E-state index is 9.03. The molecule has 0 fully saturated rings. The minimum Gasteiger partial charge on any atom is -0.390 e. The molecule has 0 aliphatic rings. The zero-order valence-electron chi connectivity index (χ0n) is 9.85. The van der Waals surface area contributed by atoms with E-state index < -0.39 is 0 Å². The summed E-state index contributed by atoms with van der Waals surface area (Å²) in [5.74, 6) is 0. The molecular formula is C11H21N3O. The van der Waals surface area contributed by atoms with Crippen LogP contribution in [0.2, 0.25) is 0 Å². The van der Waals surface area contributed by atoms with Crippen molar-refractivity contribution in [2.24, 2.45) is 0 Å². The predicted octanol–water partition coefficient (Wildman–Crippen LogP) is 1.11. The highest BCUT2D eigenvalue weighted by Crippen LogP contribution is 2.02. The summed E-state index contributed by atoms with van der Waals surface area (Å²) in [6.07, 6.45) is 4.57. The van der Waals surface area contributed by atoms with Crippen molar-refractivity contribution >= 4 is 0 Å². The number of aromatic nitrogens is 2. The van der Waals surface area contributed by atoms with Crippen molar-refractivity contribution < 1.29 is 5.11 Å². The lowest BCUT2D eigenvalue weighted by Gasteiger charge is -2.20. The Labute approximate surface area is 91.5 Å². The van der Waals surface area contributed by atoms with Crippen molar-refractivity contribution in [3.8, 4) is 0 Å². The molecule has 0 aromatic carbocycles. The number of imidazole rings is 1. The van der Waals surface area contributed by atoms with Crippen LogP contribution in [0.25, 0.3) is 0 Å². The number of aliphatic hydroxyl groups excluding tert-OH is 1. The standard InChI is InChI=1S/C11H21N3O/c1-10(2)13(3)5-4-6-14-9-12-7-11(14)8-15/h7,9-10,15H,4-6,8H2,1-3H3. The van der Waals surface area contributed by atoms with Gasteiger partial charge >= 0.3 is 0 Å². The highest BCUT2D eigenvalue weighted by atomic mass is 16.3. The summed E-state index contributed by atoms with van der Waals surface area (Å²) >= 11 is 0. The third kappa shape index (κ3) is 3.64. The Bertz CT molecular complexity index is 283. The average Bonchev–Trinajstić information content (AvgIpc) is 2.65. The molecule has 1 heterocycles. The number of aryl methyl sites for hydroxylation is 1. The minimum atomic E-state index is 0.0695. The minimum absolute atomic E-state index is 0.0695. The van der Waals surface area contributed by atoms with Gasteiger partial charge in [0.05, 0.1) is 24.8 Å². The first-order valence-corrected chi connectivity index (χ1v) is 5.45. The first kappa shape index (κ1) is 12.2. The van der Waals surface area contributed by atoms with Gasteiger partial charge in [0.15, 0.2) is 0 Å². The van der Waals surface area contributed by atoms with Crippen molar-refractivity contribution in [3.05, 3.63) is 18.2 Å². The van der Waals surface area contributed by atoms with Gasteiger partial charge in [-0.2, -0.15) is 0 Å². The van der Waals surface area contributed by atoms with Gasteiger partial charge in [0, 0.05) is 12.6 Å². The molecule has 0 radical (unpaired) electrons. The topological polar surface area (TPSA) is 41.3 Å². The van der Waals surface area contributed by atoms with E-state index in [1.165, 1.54) is 0 Å². The fourth-order valence-corrected chi connectivity index (χ4v) is 1.43. The Hall–Kier alpha value is -0.870. The van der Waals surface area contributed by atoms with Crippen molar-refractivity contribution in [1.82, 2.24) is 14.5 Å². The Morgan fingerprint density at radius 2 is 2.27 bits per heavy atom. The maximum atomic E-state index is 9.03. The third-order valence-corrected chi connectivity index (χ3v) is 2.75. The van der Waals surface area contributed by atoms with E-state index in [0.29, 0.717) is 6.04 Å². The van der Waals surface area contributed by atoms with Gasteiger partial charge in [-0.15, -0.1) is 0 Å². The van der Waals surface area contributed by atoms with E-state index in [9.17, 15) is 0 Å². The molecule has 0 saturated carbocycles. The third-order valence-electron chi connectivity index (χ3n) is 2.75. The van der Waals surface area contributed by atoms with Crippen LogP contribution < -0.4 is 0 Å².